The van der Waals surface area contributed by atoms with E-state index in [2.05, 4.69) is 26.4 Å². The third-order valence-corrected chi connectivity index (χ3v) is 5.27. The number of imide groups is 1. The van der Waals surface area contributed by atoms with E-state index < -0.39 is 6.03 Å². The van der Waals surface area contributed by atoms with Crippen LogP contribution >= 0.6 is 0 Å². The third-order valence-electron chi connectivity index (χ3n) is 5.27. The van der Waals surface area contributed by atoms with Crippen LogP contribution in [0.25, 0.3) is 23.0 Å². The molecule has 10 nitrogen and oxygen atoms in total. The zero-order valence-corrected chi connectivity index (χ0v) is 19.3. The van der Waals surface area contributed by atoms with Gasteiger partial charge in [0.05, 0.1) is 18.5 Å². The van der Waals surface area contributed by atoms with E-state index in [4.69, 9.17) is 9.72 Å². The topological polar surface area (TPSA) is 122 Å². The number of carbonyl (C=O) groups is 2. The summed E-state index contributed by atoms with van der Waals surface area (Å²) in [5.74, 6) is 1.65. The van der Waals surface area contributed by atoms with E-state index >= 15 is 0 Å². The molecule has 0 aliphatic heterocycles. The lowest BCUT2D eigenvalue weighted by atomic mass is 10.1. The molecule has 1 fully saturated rings. The van der Waals surface area contributed by atoms with E-state index in [9.17, 15) is 9.59 Å². The number of hydrogen-bond donors (Lipinski definition) is 4. The summed E-state index contributed by atoms with van der Waals surface area (Å²) >= 11 is 0. The molecule has 4 rings (SSSR count). The van der Waals surface area contributed by atoms with Crippen LogP contribution in [0.4, 0.5) is 10.6 Å². The van der Waals surface area contributed by atoms with Crippen molar-refractivity contribution in [2.45, 2.75) is 32.2 Å². The van der Waals surface area contributed by atoms with Gasteiger partial charge in [-0.1, -0.05) is 12.1 Å². The molecule has 1 aliphatic carbocycles. The molecule has 3 aromatic rings. The van der Waals surface area contributed by atoms with Crippen LogP contribution in [0, 0.1) is 0 Å². The van der Waals surface area contributed by atoms with Crippen molar-refractivity contribution in [2.24, 2.45) is 0 Å². The van der Waals surface area contributed by atoms with Crippen molar-refractivity contribution in [1.82, 2.24) is 30.5 Å². The van der Waals surface area contributed by atoms with E-state index in [0.29, 0.717) is 30.4 Å². The molecule has 10 heteroatoms. The minimum absolute atomic E-state index is 0.333. The number of amides is 3. The monoisotopic (exact) mass is 463 g/mol. The lowest BCUT2D eigenvalue weighted by Crippen LogP contribution is -2.33. The van der Waals surface area contributed by atoms with Gasteiger partial charge < -0.3 is 20.7 Å². The molecular weight excluding hydrogens is 434 g/mol. The molecule has 178 valence electrons. The van der Waals surface area contributed by atoms with Crippen molar-refractivity contribution < 1.29 is 14.3 Å². The minimum atomic E-state index is -0.600. The quantitative estimate of drug-likeness (QED) is 0.255. The van der Waals surface area contributed by atoms with Gasteiger partial charge in [0.25, 0.3) is 0 Å². The molecule has 0 bridgehead atoms. The average Bonchev–Trinajstić information content (AvgIpc) is 3.55. The highest BCUT2D eigenvalue weighted by atomic mass is 16.5. The first-order valence-corrected chi connectivity index (χ1v) is 11.3. The number of nitrogens with zero attached hydrogens (tertiary/aromatic N) is 3. The van der Waals surface area contributed by atoms with Crippen molar-refractivity contribution >= 4 is 30.0 Å². The SMILES string of the molecule is CNCCCOc1cccc(-c2cc(NC3CC3)n3ncc(/C=C(/C)NC(=O)NC=O)c3n2)c1. The van der Waals surface area contributed by atoms with Crippen LogP contribution < -0.4 is 26.0 Å². The highest BCUT2D eigenvalue weighted by molar-refractivity contribution is 5.86. The Hall–Kier alpha value is -3.92. The normalized spacial score (nSPS) is 13.5. The molecule has 1 aromatic carbocycles. The van der Waals surface area contributed by atoms with Crippen LogP contribution in [0.1, 0.15) is 31.7 Å². The summed E-state index contributed by atoms with van der Waals surface area (Å²) in [5.41, 5.74) is 3.66. The van der Waals surface area contributed by atoms with Crippen molar-refractivity contribution in [1.29, 1.82) is 0 Å². The van der Waals surface area contributed by atoms with Gasteiger partial charge in [0.1, 0.15) is 11.6 Å². The molecule has 34 heavy (non-hydrogen) atoms. The van der Waals surface area contributed by atoms with Gasteiger partial charge >= 0.3 is 6.03 Å². The summed E-state index contributed by atoms with van der Waals surface area (Å²) in [6, 6.07) is 9.71. The maximum atomic E-state index is 11.7. The second kappa shape index (κ2) is 10.8. The van der Waals surface area contributed by atoms with E-state index in [0.717, 1.165) is 54.2 Å². The fourth-order valence-corrected chi connectivity index (χ4v) is 3.49. The fourth-order valence-electron chi connectivity index (χ4n) is 3.49. The van der Waals surface area contributed by atoms with E-state index in [1.165, 1.54) is 0 Å². The fraction of sp³-hybridized carbons (Fsp3) is 0.333. The van der Waals surface area contributed by atoms with Crippen LogP contribution in [0.2, 0.25) is 0 Å². The van der Waals surface area contributed by atoms with Crippen LogP contribution in [0.15, 0.2) is 42.2 Å². The second-order valence-corrected chi connectivity index (χ2v) is 8.16. The van der Waals surface area contributed by atoms with E-state index in [-0.39, 0.29) is 0 Å². The number of rotatable bonds is 11. The number of urea groups is 1. The van der Waals surface area contributed by atoms with Gasteiger partial charge in [0.15, 0.2) is 5.65 Å². The zero-order chi connectivity index (χ0) is 23.9. The predicted octanol–water partition coefficient (Wildman–Crippen LogP) is 2.78. The molecule has 4 N–H and O–H groups in total. The first-order valence-electron chi connectivity index (χ1n) is 11.3. The highest BCUT2D eigenvalue weighted by Gasteiger charge is 2.23. The minimum Gasteiger partial charge on any atom is -0.494 e. The lowest BCUT2D eigenvalue weighted by molar-refractivity contribution is -0.108. The van der Waals surface area contributed by atoms with E-state index in [1.807, 2.05) is 37.4 Å². The van der Waals surface area contributed by atoms with Gasteiger partial charge in [-0.05, 0) is 58.0 Å². The Bertz CT molecular complexity index is 1200. The molecule has 0 saturated heterocycles. The van der Waals surface area contributed by atoms with E-state index in [1.54, 1.807) is 23.7 Å². The van der Waals surface area contributed by atoms with Crippen molar-refractivity contribution in [3.63, 3.8) is 0 Å². The summed E-state index contributed by atoms with van der Waals surface area (Å²) < 4.78 is 7.67. The number of hydrogen-bond acceptors (Lipinski definition) is 7. The number of allylic oxidation sites excluding steroid dienone is 1. The Kier molecular flexibility index (Phi) is 7.38. The van der Waals surface area contributed by atoms with Gasteiger partial charge in [0, 0.05) is 28.9 Å². The van der Waals surface area contributed by atoms with Gasteiger partial charge in [0.2, 0.25) is 6.41 Å². The van der Waals surface area contributed by atoms with Crippen molar-refractivity contribution in [2.75, 3.05) is 25.5 Å². The van der Waals surface area contributed by atoms with Gasteiger partial charge in [-0.2, -0.15) is 9.61 Å². The molecule has 2 heterocycles. The summed E-state index contributed by atoms with van der Waals surface area (Å²) in [6.07, 6.45) is 6.97. The number of carbonyl (C=O) groups excluding carboxylic acids is 2. The lowest BCUT2D eigenvalue weighted by Gasteiger charge is -2.12. The predicted molar refractivity (Wildman–Crippen MR) is 130 cm³/mol. The van der Waals surface area contributed by atoms with Gasteiger partial charge in [-0.25, -0.2) is 9.78 Å². The zero-order valence-electron chi connectivity index (χ0n) is 19.3. The number of ether oxygens (including phenoxy) is 1. The summed E-state index contributed by atoms with van der Waals surface area (Å²) in [4.78, 5) is 27.0. The van der Waals surface area contributed by atoms with Crippen LogP contribution in [0.3, 0.4) is 0 Å². The molecule has 0 radical (unpaired) electrons. The Morgan fingerprint density at radius 3 is 2.91 bits per heavy atom. The van der Waals surface area contributed by atoms with Crippen LogP contribution in [0.5, 0.6) is 5.75 Å². The standard InChI is InChI=1S/C24H29N7O3/c1-16(28-24(33)26-15-32)11-18-14-27-31-22(29-19-7-8-19)13-21(30-23(18)31)17-5-3-6-20(12-17)34-10-4-9-25-2/h3,5-6,11-15,19,25,29H,4,7-10H2,1-2H3,(H2,26,28,32,33)/b16-11-. The molecule has 0 unspecified atom stereocenters. The van der Waals surface area contributed by atoms with Gasteiger partial charge in [-0.15, -0.1) is 0 Å². The molecule has 0 atom stereocenters. The Labute approximate surface area is 197 Å². The molecule has 2 aromatic heterocycles. The molecule has 1 saturated carbocycles. The number of anilines is 1. The van der Waals surface area contributed by atoms with Crippen LogP contribution in [-0.2, 0) is 4.79 Å². The summed E-state index contributed by atoms with van der Waals surface area (Å²) in [6.45, 7) is 3.26. The highest BCUT2D eigenvalue weighted by Crippen LogP contribution is 2.30. The molecular formula is C24H29N7O3. The number of benzene rings is 1. The average molecular weight is 464 g/mol. The second-order valence-electron chi connectivity index (χ2n) is 8.16. The molecule has 0 spiro atoms. The number of fused-ring (bicyclic) bond motifs is 1. The number of nitrogens with one attached hydrogen (secondary N) is 4. The largest absolute Gasteiger partial charge is 0.494 e. The molecule has 3 amide bonds. The maximum Gasteiger partial charge on any atom is 0.325 e. The number of aromatic nitrogens is 3. The Balaban J connectivity index is 1.67. The first-order chi connectivity index (χ1) is 16.6. The summed E-state index contributed by atoms with van der Waals surface area (Å²) in [7, 11) is 1.92. The third kappa shape index (κ3) is 5.90. The molecule has 1 aliphatic rings. The smallest absolute Gasteiger partial charge is 0.325 e. The Morgan fingerprint density at radius 1 is 1.29 bits per heavy atom. The maximum absolute atomic E-state index is 11.7. The Morgan fingerprint density at radius 2 is 2.15 bits per heavy atom. The van der Waals surface area contributed by atoms with Crippen LogP contribution in [-0.4, -0.2) is 53.3 Å². The first kappa shape index (κ1) is 23.2. The van der Waals surface area contributed by atoms with Crippen molar-refractivity contribution in [3.05, 3.63) is 47.8 Å². The van der Waals surface area contributed by atoms with Gasteiger partial charge in [-0.3, -0.25) is 10.1 Å². The van der Waals surface area contributed by atoms with Crippen molar-refractivity contribution in [3.8, 4) is 17.0 Å². The summed E-state index contributed by atoms with van der Waals surface area (Å²) in [5, 5.41) is 15.8.